The highest BCUT2D eigenvalue weighted by Crippen LogP contribution is 2.22. The molecule has 1 N–H and O–H groups in total. The highest BCUT2D eigenvalue weighted by molar-refractivity contribution is 7.90. The highest BCUT2D eigenvalue weighted by Gasteiger charge is 2.12. The lowest BCUT2D eigenvalue weighted by Gasteiger charge is -2.19. The molecule has 0 saturated heterocycles. The minimum atomic E-state index is -3.12. The maximum atomic E-state index is 11.5. The first-order valence-electron chi connectivity index (χ1n) is 7.02. The van der Waals surface area contributed by atoms with E-state index in [0.717, 1.165) is 31.4 Å². The van der Waals surface area contributed by atoms with Gasteiger partial charge in [-0.2, -0.15) is 0 Å². The van der Waals surface area contributed by atoms with Crippen molar-refractivity contribution in [2.45, 2.75) is 44.0 Å². The zero-order chi connectivity index (χ0) is 15.2. The van der Waals surface area contributed by atoms with Gasteiger partial charge in [0.1, 0.15) is 0 Å². The Hall–Kier alpha value is -1.13. The van der Waals surface area contributed by atoms with E-state index < -0.39 is 9.84 Å². The molecule has 1 unspecified atom stereocenters. The van der Waals surface area contributed by atoms with E-state index in [0.29, 0.717) is 4.90 Å². The number of hydrogen-bond donors (Lipinski definition) is 1. The first kappa shape index (κ1) is 16.9. The molecule has 0 aromatic heterocycles. The van der Waals surface area contributed by atoms with Crippen molar-refractivity contribution >= 4 is 9.84 Å². The summed E-state index contributed by atoms with van der Waals surface area (Å²) in [5.74, 6) is 0. The molecule has 1 rings (SSSR count). The van der Waals surface area contributed by atoms with Crippen molar-refractivity contribution in [3.05, 3.63) is 42.0 Å². The van der Waals surface area contributed by atoms with E-state index in [-0.39, 0.29) is 6.04 Å². The summed E-state index contributed by atoms with van der Waals surface area (Å²) in [5.41, 5.74) is 2.30. The number of benzene rings is 1. The number of sulfone groups is 1. The second-order valence-electron chi connectivity index (χ2n) is 5.34. The van der Waals surface area contributed by atoms with Crippen LogP contribution in [0.5, 0.6) is 0 Å². The topological polar surface area (TPSA) is 46.2 Å². The van der Waals surface area contributed by atoms with Crippen molar-refractivity contribution in [3.8, 4) is 0 Å². The van der Waals surface area contributed by atoms with Crippen LogP contribution >= 0.6 is 0 Å². The molecule has 1 aromatic carbocycles. The molecule has 0 aliphatic heterocycles. The third-order valence-electron chi connectivity index (χ3n) is 3.21. The number of hydrogen-bond acceptors (Lipinski definition) is 3. The fourth-order valence-corrected chi connectivity index (χ4v) is 2.67. The first-order valence-corrected chi connectivity index (χ1v) is 8.91. The molecule has 4 heteroatoms. The van der Waals surface area contributed by atoms with Gasteiger partial charge in [-0.1, -0.05) is 24.6 Å². The zero-order valence-corrected chi connectivity index (χ0v) is 13.5. The molecule has 3 nitrogen and oxygen atoms in total. The van der Waals surface area contributed by atoms with Crippen LogP contribution in [0.4, 0.5) is 0 Å². The van der Waals surface area contributed by atoms with Gasteiger partial charge in [0.2, 0.25) is 0 Å². The highest BCUT2D eigenvalue weighted by atomic mass is 32.2. The molecule has 0 saturated carbocycles. The maximum absolute atomic E-state index is 11.5. The van der Waals surface area contributed by atoms with E-state index in [4.69, 9.17) is 0 Å². The molecule has 0 bridgehead atoms. The predicted molar refractivity (Wildman–Crippen MR) is 84.6 cm³/mol. The Balaban J connectivity index is 2.86. The van der Waals surface area contributed by atoms with Gasteiger partial charge >= 0.3 is 0 Å². The zero-order valence-electron chi connectivity index (χ0n) is 12.6. The van der Waals surface area contributed by atoms with Gasteiger partial charge < -0.3 is 5.32 Å². The molecule has 112 valence electrons. The second kappa shape index (κ2) is 7.60. The fourth-order valence-electron chi connectivity index (χ4n) is 2.04. The lowest BCUT2D eigenvalue weighted by Crippen LogP contribution is -2.22. The molecule has 0 heterocycles. The molecule has 0 radical (unpaired) electrons. The van der Waals surface area contributed by atoms with Gasteiger partial charge in [-0.05, 0) is 50.4 Å². The summed E-state index contributed by atoms with van der Waals surface area (Å²) in [6, 6.07) is 7.43. The molecule has 1 aromatic rings. The van der Waals surface area contributed by atoms with Gasteiger partial charge in [-0.25, -0.2) is 8.42 Å². The Morgan fingerprint density at radius 2 is 1.90 bits per heavy atom. The van der Waals surface area contributed by atoms with Gasteiger partial charge in [0, 0.05) is 12.3 Å². The average Bonchev–Trinajstić information content (AvgIpc) is 2.38. The summed E-state index contributed by atoms with van der Waals surface area (Å²) in [5, 5.41) is 3.51. The van der Waals surface area contributed by atoms with Gasteiger partial charge in [0.25, 0.3) is 0 Å². The van der Waals surface area contributed by atoms with Gasteiger partial charge in [-0.3, -0.25) is 0 Å². The Bertz CT molecular complexity index is 532. The molecule has 0 spiro atoms. The van der Waals surface area contributed by atoms with Crippen LogP contribution in [0.15, 0.2) is 41.3 Å². The molecular weight excluding hydrogens is 270 g/mol. The molecule has 0 amide bonds. The van der Waals surface area contributed by atoms with Crippen molar-refractivity contribution in [2.24, 2.45) is 0 Å². The fraction of sp³-hybridized carbons (Fsp3) is 0.500. The van der Waals surface area contributed by atoms with Crippen LogP contribution in [-0.2, 0) is 9.84 Å². The third-order valence-corrected chi connectivity index (χ3v) is 4.34. The summed E-state index contributed by atoms with van der Waals surface area (Å²) in [4.78, 5) is 0.371. The lowest BCUT2D eigenvalue weighted by molar-refractivity contribution is 0.498. The summed E-state index contributed by atoms with van der Waals surface area (Å²) in [6.07, 6.45) is 4.25. The molecular formula is C16H25NO2S. The quantitative estimate of drug-likeness (QED) is 0.747. The van der Waals surface area contributed by atoms with E-state index in [1.165, 1.54) is 11.8 Å². The predicted octanol–water partition coefficient (Wildman–Crippen LogP) is 3.49. The molecule has 1 atom stereocenters. The molecule has 20 heavy (non-hydrogen) atoms. The third kappa shape index (κ3) is 5.47. The normalized spacial score (nSPS) is 13.2. The van der Waals surface area contributed by atoms with E-state index in [1.54, 1.807) is 12.1 Å². The van der Waals surface area contributed by atoms with Crippen LogP contribution < -0.4 is 5.32 Å². The van der Waals surface area contributed by atoms with E-state index in [2.05, 4.69) is 18.8 Å². The Kier molecular flexibility index (Phi) is 6.43. The van der Waals surface area contributed by atoms with Gasteiger partial charge in [0.05, 0.1) is 4.90 Å². The standard InChI is InChI=1S/C16H25NO2S/c1-5-12-17-16(11-6-13(2)3)14-7-9-15(10-8-14)20(4,18)19/h7-10,16-17H,2,5-6,11-12H2,1,3-4H3. The summed E-state index contributed by atoms with van der Waals surface area (Å²) >= 11 is 0. The smallest absolute Gasteiger partial charge is 0.175 e. The van der Waals surface area contributed by atoms with Gasteiger partial charge in [0.15, 0.2) is 9.84 Å². The van der Waals surface area contributed by atoms with E-state index in [9.17, 15) is 8.42 Å². The van der Waals surface area contributed by atoms with Crippen molar-refractivity contribution in [3.63, 3.8) is 0 Å². The van der Waals surface area contributed by atoms with Gasteiger partial charge in [-0.15, -0.1) is 6.58 Å². The molecule has 0 aliphatic rings. The van der Waals surface area contributed by atoms with Crippen molar-refractivity contribution in [2.75, 3.05) is 12.8 Å². The lowest BCUT2D eigenvalue weighted by atomic mass is 10.00. The van der Waals surface area contributed by atoms with Crippen molar-refractivity contribution < 1.29 is 8.42 Å². The van der Waals surface area contributed by atoms with Crippen molar-refractivity contribution in [1.29, 1.82) is 0 Å². The first-order chi connectivity index (χ1) is 9.34. The second-order valence-corrected chi connectivity index (χ2v) is 7.36. The summed E-state index contributed by atoms with van der Waals surface area (Å²) in [7, 11) is -3.12. The van der Waals surface area contributed by atoms with E-state index >= 15 is 0 Å². The largest absolute Gasteiger partial charge is 0.310 e. The van der Waals surface area contributed by atoms with Crippen LogP contribution in [0.25, 0.3) is 0 Å². The minimum Gasteiger partial charge on any atom is -0.310 e. The van der Waals surface area contributed by atoms with Crippen LogP contribution in [-0.4, -0.2) is 21.2 Å². The summed E-state index contributed by atoms with van der Waals surface area (Å²) in [6.45, 7) is 9.06. The Morgan fingerprint density at radius 3 is 2.35 bits per heavy atom. The monoisotopic (exact) mass is 295 g/mol. The average molecular weight is 295 g/mol. The number of nitrogens with one attached hydrogen (secondary N) is 1. The van der Waals surface area contributed by atoms with Crippen LogP contribution in [0.1, 0.15) is 44.7 Å². The minimum absolute atomic E-state index is 0.250. The summed E-state index contributed by atoms with van der Waals surface area (Å²) < 4.78 is 22.9. The van der Waals surface area contributed by atoms with Crippen molar-refractivity contribution in [1.82, 2.24) is 5.32 Å². The SMILES string of the molecule is C=C(C)CCC(NCCC)c1ccc(S(C)(=O)=O)cc1. The molecule has 0 aliphatic carbocycles. The van der Waals surface area contributed by atoms with Crippen LogP contribution in [0.2, 0.25) is 0 Å². The van der Waals surface area contributed by atoms with E-state index in [1.807, 2.05) is 19.1 Å². The number of rotatable bonds is 8. The van der Waals surface area contributed by atoms with Crippen LogP contribution in [0, 0.1) is 0 Å². The maximum Gasteiger partial charge on any atom is 0.175 e. The Morgan fingerprint density at radius 1 is 1.30 bits per heavy atom. The Labute approximate surface area is 123 Å². The molecule has 0 fully saturated rings. The number of allylic oxidation sites excluding steroid dienone is 1. The van der Waals surface area contributed by atoms with Crippen LogP contribution in [0.3, 0.4) is 0 Å².